The lowest BCUT2D eigenvalue weighted by molar-refractivity contribution is 1.34. The van der Waals surface area contributed by atoms with Crippen molar-refractivity contribution in [1.82, 2.24) is 0 Å². The number of hydrogen-bond acceptors (Lipinski definition) is 1. The Kier molecular flexibility index (Phi) is 2.75. The highest BCUT2D eigenvalue weighted by Gasteiger charge is 2.06. The summed E-state index contributed by atoms with van der Waals surface area (Å²) >= 11 is 0. The molecule has 0 saturated carbocycles. The highest BCUT2D eigenvalue weighted by Crippen LogP contribution is 2.32. The summed E-state index contributed by atoms with van der Waals surface area (Å²) in [5.41, 5.74) is 12.0. The van der Waals surface area contributed by atoms with Crippen LogP contribution in [0.2, 0.25) is 0 Å². The van der Waals surface area contributed by atoms with Crippen molar-refractivity contribution < 1.29 is 0 Å². The average molecular weight is 247 g/mol. The van der Waals surface area contributed by atoms with E-state index in [-0.39, 0.29) is 0 Å². The Morgan fingerprint density at radius 3 is 2.26 bits per heavy atom. The molecule has 1 heteroatoms. The molecule has 0 fully saturated rings. The highest BCUT2D eigenvalue weighted by molar-refractivity contribution is 6.02. The van der Waals surface area contributed by atoms with Gasteiger partial charge in [-0.25, -0.2) is 0 Å². The van der Waals surface area contributed by atoms with Gasteiger partial charge in [0.15, 0.2) is 0 Å². The Labute approximate surface area is 113 Å². The third-order valence-electron chi connectivity index (χ3n) is 3.77. The fourth-order valence-corrected chi connectivity index (χ4v) is 2.49. The summed E-state index contributed by atoms with van der Waals surface area (Å²) in [4.78, 5) is 0. The van der Waals surface area contributed by atoms with Crippen LogP contribution in [-0.2, 0) is 0 Å². The van der Waals surface area contributed by atoms with Gasteiger partial charge in [-0.05, 0) is 47.6 Å². The maximum atomic E-state index is 6.06. The van der Waals surface area contributed by atoms with Crippen LogP contribution in [0.1, 0.15) is 11.1 Å². The third kappa shape index (κ3) is 1.97. The zero-order valence-corrected chi connectivity index (χ0v) is 11.3. The van der Waals surface area contributed by atoms with Gasteiger partial charge < -0.3 is 5.73 Å². The molecule has 0 amide bonds. The molecule has 0 aliphatic rings. The molecule has 94 valence electrons. The minimum absolute atomic E-state index is 0.836. The van der Waals surface area contributed by atoms with Crippen LogP contribution < -0.4 is 5.73 Å². The number of benzene rings is 3. The van der Waals surface area contributed by atoms with Gasteiger partial charge in [0.2, 0.25) is 0 Å². The van der Waals surface area contributed by atoms with E-state index in [1.165, 1.54) is 27.6 Å². The lowest BCUT2D eigenvalue weighted by Gasteiger charge is -2.10. The van der Waals surface area contributed by atoms with Crippen LogP contribution >= 0.6 is 0 Å². The molecule has 0 unspecified atom stereocenters. The minimum atomic E-state index is 0.836. The van der Waals surface area contributed by atoms with Crippen LogP contribution in [0, 0.1) is 13.8 Å². The zero-order valence-electron chi connectivity index (χ0n) is 11.3. The van der Waals surface area contributed by atoms with Crippen molar-refractivity contribution in [3.05, 3.63) is 65.7 Å². The SMILES string of the molecule is Cc1ccc(-c2cccc3c(N)cccc23)cc1C. The molecule has 0 aliphatic carbocycles. The standard InChI is InChI=1S/C18H17N/c1-12-9-10-14(11-13(12)2)15-5-3-7-17-16(15)6-4-8-18(17)19/h3-11H,19H2,1-2H3. The maximum Gasteiger partial charge on any atom is 0.0393 e. The van der Waals surface area contributed by atoms with Crippen LogP contribution in [0.25, 0.3) is 21.9 Å². The molecule has 3 rings (SSSR count). The monoisotopic (exact) mass is 247 g/mol. The quantitative estimate of drug-likeness (QED) is 0.619. The Hall–Kier alpha value is -2.28. The Balaban J connectivity index is 2.30. The van der Waals surface area contributed by atoms with Gasteiger partial charge in [-0.1, -0.05) is 48.5 Å². The van der Waals surface area contributed by atoms with Crippen molar-refractivity contribution in [2.75, 3.05) is 5.73 Å². The summed E-state index contributed by atoms with van der Waals surface area (Å²) in [6.07, 6.45) is 0. The molecule has 3 aromatic carbocycles. The summed E-state index contributed by atoms with van der Waals surface area (Å²) in [5.74, 6) is 0. The second-order valence-corrected chi connectivity index (χ2v) is 5.05. The number of anilines is 1. The van der Waals surface area contributed by atoms with E-state index in [0.29, 0.717) is 0 Å². The van der Waals surface area contributed by atoms with Gasteiger partial charge in [0.1, 0.15) is 0 Å². The number of hydrogen-bond donors (Lipinski definition) is 1. The normalized spacial score (nSPS) is 10.8. The number of aryl methyl sites for hydroxylation is 2. The molecule has 1 nitrogen and oxygen atoms in total. The average Bonchev–Trinajstić information content (AvgIpc) is 2.42. The van der Waals surface area contributed by atoms with Crippen LogP contribution in [-0.4, -0.2) is 0 Å². The van der Waals surface area contributed by atoms with E-state index in [4.69, 9.17) is 5.73 Å². The van der Waals surface area contributed by atoms with E-state index < -0.39 is 0 Å². The van der Waals surface area contributed by atoms with Gasteiger partial charge in [0, 0.05) is 11.1 Å². The van der Waals surface area contributed by atoms with E-state index >= 15 is 0 Å². The van der Waals surface area contributed by atoms with E-state index in [9.17, 15) is 0 Å². The number of nitrogens with two attached hydrogens (primary N) is 1. The van der Waals surface area contributed by atoms with Crippen molar-refractivity contribution in [1.29, 1.82) is 0 Å². The van der Waals surface area contributed by atoms with E-state index in [2.05, 4.69) is 56.3 Å². The number of fused-ring (bicyclic) bond motifs is 1. The van der Waals surface area contributed by atoms with E-state index in [0.717, 1.165) is 11.1 Å². The molecular weight excluding hydrogens is 230 g/mol. The molecule has 19 heavy (non-hydrogen) atoms. The van der Waals surface area contributed by atoms with Gasteiger partial charge in [0.05, 0.1) is 0 Å². The first kappa shape index (κ1) is 11.8. The lowest BCUT2D eigenvalue weighted by atomic mass is 9.95. The second kappa shape index (κ2) is 4.43. The highest BCUT2D eigenvalue weighted by atomic mass is 14.5. The van der Waals surface area contributed by atoms with Crippen molar-refractivity contribution in [3.63, 3.8) is 0 Å². The molecule has 0 heterocycles. The smallest absolute Gasteiger partial charge is 0.0393 e. The van der Waals surface area contributed by atoms with Gasteiger partial charge in [-0.15, -0.1) is 0 Å². The van der Waals surface area contributed by atoms with Crippen molar-refractivity contribution in [2.45, 2.75) is 13.8 Å². The predicted octanol–water partition coefficient (Wildman–Crippen LogP) is 4.71. The lowest BCUT2D eigenvalue weighted by Crippen LogP contribution is -1.89. The van der Waals surface area contributed by atoms with Crippen LogP contribution in [0.15, 0.2) is 54.6 Å². The predicted molar refractivity (Wildman–Crippen MR) is 83.3 cm³/mol. The first-order valence-electron chi connectivity index (χ1n) is 6.51. The van der Waals surface area contributed by atoms with Gasteiger partial charge in [-0.3, -0.25) is 0 Å². The minimum Gasteiger partial charge on any atom is -0.398 e. The van der Waals surface area contributed by atoms with Gasteiger partial charge in [-0.2, -0.15) is 0 Å². The van der Waals surface area contributed by atoms with E-state index in [1.54, 1.807) is 0 Å². The van der Waals surface area contributed by atoms with Gasteiger partial charge in [0.25, 0.3) is 0 Å². The van der Waals surface area contributed by atoms with Crippen molar-refractivity contribution >= 4 is 16.5 Å². The summed E-state index contributed by atoms with van der Waals surface area (Å²) in [6, 6.07) is 19.0. The molecule has 0 bridgehead atoms. The first-order valence-corrected chi connectivity index (χ1v) is 6.51. The first-order chi connectivity index (χ1) is 9.16. The largest absolute Gasteiger partial charge is 0.398 e. The van der Waals surface area contributed by atoms with Crippen LogP contribution in [0.5, 0.6) is 0 Å². The summed E-state index contributed by atoms with van der Waals surface area (Å²) in [6.45, 7) is 4.29. The fraction of sp³-hybridized carbons (Fsp3) is 0.111. The van der Waals surface area contributed by atoms with E-state index in [1.807, 2.05) is 12.1 Å². The summed E-state index contributed by atoms with van der Waals surface area (Å²) in [7, 11) is 0. The molecule has 3 aromatic rings. The molecule has 0 spiro atoms. The van der Waals surface area contributed by atoms with Gasteiger partial charge >= 0.3 is 0 Å². The third-order valence-corrected chi connectivity index (χ3v) is 3.77. The topological polar surface area (TPSA) is 26.0 Å². The summed E-state index contributed by atoms with van der Waals surface area (Å²) in [5, 5.41) is 2.34. The molecule has 0 aromatic heterocycles. The maximum absolute atomic E-state index is 6.06. The number of nitrogen functional groups attached to an aromatic ring is 1. The number of rotatable bonds is 1. The Bertz CT molecular complexity index is 757. The fourth-order valence-electron chi connectivity index (χ4n) is 2.49. The van der Waals surface area contributed by atoms with Crippen molar-refractivity contribution in [3.8, 4) is 11.1 Å². The van der Waals surface area contributed by atoms with Crippen LogP contribution in [0.3, 0.4) is 0 Å². The second-order valence-electron chi connectivity index (χ2n) is 5.05. The molecule has 2 N–H and O–H groups in total. The van der Waals surface area contributed by atoms with Crippen LogP contribution in [0.4, 0.5) is 5.69 Å². The molecule has 0 saturated heterocycles. The molecule has 0 atom stereocenters. The Morgan fingerprint density at radius 1 is 0.737 bits per heavy atom. The molecular formula is C18H17N. The van der Waals surface area contributed by atoms with Crippen molar-refractivity contribution in [2.24, 2.45) is 0 Å². The zero-order chi connectivity index (χ0) is 13.4. The molecule has 0 radical (unpaired) electrons. The summed E-state index contributed by atoms with van der Waals surface area (Å²) < 4.78 is 0. The molecule has 0 aliphatic heterocycles. The Morgan fingerprint density at radius 2 is 1.47 bits per heavy atom.